The number of benzene rings is 1. The van der Waals surface area contributed by atoms with Crippen molar-refractivity contribution in [3.63, 3.8) is 0 Å². The van der Waals surface area contributed by atoms with Gasteiger partial charge in [-0.1, -0.05) is 32.9 Å². The second kappa shape index (κ2) is 7.27. The van der Waals surface area contributed by atoms with Crippen LogP contribution in [0.3, 0.4) is 0 Å². The Morgan fingerprint density at radius 3 is 2.21 bits per heavy atom. The highest BCUT2D eigenvalue weighted by Crippen LogP contribution is 2.23. The van der Waals surface area contributed by atoms with E-state index in [1.54, 1.807) is 12.1 Å². The third-order valence-electron chi connectivity index (χ3n) is 3.31. The van der Waals surface area contributed by atoms with Crippen molar-refractivity contribution < 1.29 is 14.3 Å². The predicted octanol–water partition coefficient (Wildman–Crippen LogP) is 4.14. The minimum absolute atomic E-state index is 0.288. The van der Waals surface area contributed by atoms with E-state index in [9.17, 15) is 14.3 Å². The highest BCUT2D eigenvalue weighted by molar-refractivity contribution is 5.70. The Morgan fingerprint density at radius 2 is 1.74 bits per heavy atom. The highest BCUT2D eigenvalue weighted by atomic mass is 19.1. The molecule has 0 saturated heterocycles. The normalized spacial score (nSPS) is 14.4. The van der Waals surface area contributed by atoms with Crippen LogP contribution in [0.1, 0.15) is 39.2 Å². The number of carbonyl (C=O) groups is 1. The van der Waals surface area contributed by atoms with E-state index in [1.165, 1.54) is 12.1 Å². The first-order valence-electron chi connectivity index (χ1n) is 6.85. The Balaban J connectivity index is 2.62. The van der Waals surface area contributed by atoms with Crippen molar-refractivity contribution in [3.05, 3.63) is 35.6 Å². The zero-order valence-corrected chi connectivity index (χ0v) is 11.9. The van der Waals surface area contributed by atoms with Crippen molar-refractivity contribution in [2.24, 2.45) is 17.8 Å². The molecule has 0 fully saturated rings. The van der Waals surface area contributed by atoms with E-state index in [-0.39, 0.29) is 11.7 Å². The molecule has 0 amide bonds. The summed E-state index contributed by atoms with van der Waals surface area (Å²) in [7, 11) is 0. The number of hydrogen-bond donors (Lipinski definition) is 1. The summed E-state index contributed by atoms with van der Waals surface area (Å²) < 4.78 is 12.8. The zero-order valence-electron chi connectivity index (χ0n) is 11.9. The molecule has 2 unspecified atom stereocenters. The largest absolute Gasteiger partial charge is 0.481 e. The smallest absolute Gasteiger partial charge is 0.306 e. The molecule has 1 rings (SSSR count). The molecule has 0 bridgehead atoms. The summed E-state index contributed by atoms with van der Waals surface area (Å²) in [5.41, 5.74) is 0.880. The maximum absolute atomic E-state index is 12.8. The third kappa shape index (κ3) is 5.86. The van der Waals surface area contributed by atoms with Gasteiger partial charge in [-0.2, -0.15) is 0 Å². The van der Waals surface area contributed by atoms with Crippen molar-refractivity contribution in [1.82, 2.24) is 0 Å². The average molecular weight is 266 g/mol. The van der Waals surface area contributed by atoms with Gasteiger partial charge in [0.2, 0.25) is 0 Å². The first-order chi connectivity index (χ1) is 8.88. The molecule has 3 heteroatoms. The summed E-state index contributed by atoms with van der Waals surface area (Å²) in [6.07, 6.45) is 2.18. The van der Waals surface area contributed by atoms with Gasteiger partial charge in [-0.25, -0.2) is 4.39 Å². The van der Waals surface area contributed by atoms with Crippen molar-refractivity contribution in [2.45, 2.75) is 40.0 Å². The van der Waals surface area contributed by atoms with Crippen molar-refractivity contribution in [2.75, 3.05) is 0 Å². The van der Waals surface area contributed by atoms with Gasteiger partial charge >= 0.3 is 5.97 Å². The summed E-state index contributed by atoms with van der Waals surface area (Å²) >= 11 is 0. The molecule has 1 aromatic carbocycles. The number of rotatable bonds is 7. The van der Waals surface area contributed by atoms with Crippen LogP contribution >= 0.6 is 0 Å². The van der Waals surface area contributed by atoms with Crippen LogP contribution in [0, 0.1) is 23.6 Å². The Hall–Kier alpha value is -1.38. The van der Waals surface area contributed by atoms with E-state index < -0.39 is 5.97 Å². The fraction of sp³-hybridized carbons (Fsp3) is 0.562. The monoisotopic (exact) mass is 266 g/mol. The second-order valence-corrected chi connectivity index (χ2v) is 5.84. The molecule has 0 aliphatic heterocycles. The summed E-state index contributed by atoms with van der Waals surface area (Å²) in [6, 6.07) is 6.09. The van der Waals surface area contributed by atoms with E-state index in [2.05, 4.69) is 20.8 Å². The van der Waals surface area contributed by atoms with Crippen LogP contribution in [-0.4, -0.2) is 11.1 Å². The molecule has 2 nitrogen and oxygen atoms in total. The summed E-state index contributed by atoms with van der Waals surface area (Å²) in [5, 5.41) is 9.30. The minimum Gasteiger partial charge on any atom is -0.481 e. The lowest BCUT2D eigenvalue weighted by Gasteiger charge is -2.19. The number of halogens is 1. The Bertz CT molecular complexity index is 398. The van der Waals surface area contributed by atoms with Crippen LogP contribution in [-0.2, 0) is 11.2 Å². The lowest BCUT2D eigenvalue weighted by Crippen LogP contribution is -2.20. The molecule has 0 radical (unpaired) electrons. The molecule has 0 heterocycles. The van der Waals surface area contributed by atoms with E-state index >= 15 is 0 Å². The van der Waals surface area contributed by atoms with Gasteiger partial charge in [0, 0.05) is 0 Å². The molecule has 19 heavy (non-hydrogen) atoms. The topological polar surface area (TPSA) is 37.3 Å². The van der Waals surface area contributed by atoms with Gasteiger partial charge in [0.15, 0.2) is 0 Å². The molecule has 1 aromatic rings. The minimum atomic E-state index is -0.764. The van der Waals surface area contributed by atoms with E-state index in [0.29, 0.717) is 24.7 Å². The molecule has 2 atom stereocenters. The van der Waals surface area contributed by atoms with Crippen LogP contribution in [0.4, 0.5) is 4.39 Å². The molecule has 0 saturated carbocycles. The summed E-state index contributed by atoms with van der Waals surface area (Å²) in [4.78, 5) is 11.3. The van der Waals surface area contributed by atoms with Gasteiger partial charge in [0.25, 0.3) is 0 Å². The molecular formula is C16H23FO2. The summed E-state index contributed by atoms with van der Waals surface area (Å²) in [5.74, 6) is -0.472. The lowest BCUT2D eigenvalue weighted by atomic mass is 9.86. The summed E-state index contributed by atoms with van der Waals surface area (Å²) in [6.45, 7) is 6.39. The molecule has 106 valence electrons. The van der Waals surface area contributed by atoms with Gasteiger partial charge in [-0.15, -0.1) is 0 Å². The predicted molar refractivity (Wildman–Crippen MR) is 74.5 cm³/mol. The van der Waals surface area contributed by atoms with Crippen LogP contribution in [0.25, 0.3) is 0 Å². The van der Waals surface area contributed by atoms with Gasteiger partial charge in [-0.05, 0) is 48.8 Å². The van der Waals surface area contributed by atoms with Gasteiger partial charge in [-0.3, -0.25) is 4.79 Å². The Labute approximate surface area is 114 Å². The SMILES string of the molecule is CC(C)CC(C)CC(Cc1ccc(F)cc1)C(=O)O. The maximum Gasteiger partial charge on any atom is 0.306 e. The van der Waals surface area contributed by atoms with Crippen LogP contribution in [0.2, 0.25) is 0 Å². The molecule has 0 aromatic heterocycles. The second-order valence-electron chi connectivity index (χ2n) is 5.84. The van der Waals surface area contributed by atoms with Crippen molar-refractivity contribution in [1.29, 1.82) is 0 Å². The van der Waals surface area contributed by atoms with Crippen molar-refractivity contribution >= 4 is 5.97 Å². The number of hydrogen-bond acceptors (Lipinski definition) is 1. The van der Waals surface area contributed by atoms with E-state index in [0.717, 1.165) is 12.0 Å². The van der Waals surface area contributed by atoms with E-state index in [4.69, 9.17) is 0 Å². The lowest BCUT2D eigenvalue weighted by molar-refractivity contribution is -0.142. The van der Waals surface area contributed by atoms with Gasteiger partial charge in [0.1, 0.15) is 5.82 Å². The fourth-order valence-electron chi connectivity index (χ4n) is 2.56. The maximum atomic E-state index is 12.8. The quantitative estimate of drug-likeness (QED) is 0.805. The molecule has 1 N–H and O–H groups in total. The van der Waals surface area contributed by atoms with Crippen LogP contribution in [0.15, 0.2) is 24.3 Å². The molecule has 0 aliphatic rings. The van der Waals surface area contributed by atoms with Crippen LogP contribution in [0.5, 0.6) is 0 Å². The van der Waals surface area contributed by atoms with Crippen molar-refractivity contribution in [3.8, 4) is 0 Å². The fourth-order valence-corrected chi connectivity index (χ4v) is 2.56. The zero-order chi connectivity index (χ0) is 14.4. The average Bonchev–Trinajstić information content (AvgIpc) is 2.29. The first-order valence-corrected chi connectivity index (χ1v) is 6.85. The van der Waals surface area contributed by atoms with Gasteiger partial charge in [0.05, 0.1) is 5.92 Å². The van der Waals surface area contributed by atoms with Gasteiger partial charge < -0.3 is 5.11 Å². The number of aliphatic carboxylic acids is 1. The molecular weight excluding hydrogens is 243 g/mol. The third-order valence-corrected chi connectivity index (χ3v) is 3.31. The van der Waals surface area contributed by atoms with Crippen LogP contribution < -0.4 is 0 Å². The standard InChI is InChI=1S/C16H23FO2/c1-11(2)8-12(3)9-14(16(18)19)10-13-4-6-15(17)7-5-13/h4-7,11-12,14H,8-10H2,1-3H3,(H,18,19). The Kier molecular flexibility index (Phi) is 6.00. The molecule has 0 spiro atoms. The first kappa shape index (κ1) is 15.7. The Morgan fingerprint density at radius 1 is 1.16 bits per heavy atom. The van der Waals surface area contributed by atoms with E-state index in [1.807, 2.05) is 0 Å². The number of carboxylic acid groups (broad SMARTS) is 1. The molecule has 0 aliphatic carbocycles. The highest BCUT2D eigenvalue weighted by Gasteiger charge is 2.21. The number of carboxylic acids is 1.